The summed E-state index contributed by atoms with van der Waals surface area (Å²) in [5.41, 5.74) is -1.56. The molecule has 0 unspecified atom stereocenters. The Balaban J connectivity index is 2.38. The van der Waals surface area contributed by atoms with E-state index in [2.05, 4.69) is 5.10 Å². The Morgan fingerprint density at radius 3 is 2.56 bits per heavy atom. The van der Waals surface area contributed by atoms with Crippen molar-refractivity contribution in [1.29, 1.82) is 0 Å². The van der Waals surface area contributed by atoms with Gasteiger partial charge in [-0.1, -0.05) is 0 Å². The summed E-state index contributed by atoms with van der Waals surface area (Å²) in [7, 11) is 0. The van der Waals surface area contributed by atoms with Crippen LogP contribution in [0.2, 0.25) is 0 Å². The largest absolute Gasteiger partial charge is 0.388 e. The fraction of sp³-hybridized carbons (Fsp3) is 0.667. The summed E-state index contributed by atoms with van der Waals surface area (Å²) in [5.74, 6) is 0. The maximum absolute atomic E-state index is 11.5. The van der Waals surface area contributed by atoms with Gasteiger partial charge in [0.2, 0.25) is 0 Å². The van der Waals surface area contributed by atoms with Crippen molar-refractivity contribution < 1.29 is 20.1 Å². The molecule has 9 heteroatoms. The molecular formula is C9H13N3O6. The van der Waals surface area contributed by atoms with Crippen LogP contribution in [-0.2, 0) is 4.74 Å². The number of H-pyrrole nitrogens is 1. The van der Waals surface area contributed by atoms with Gasteiger partial charge in [-0.3, -0.25) is 9.78 Å². The predicted octanol–water partition coefficient (Wildman–Crippen LogP) is -3.07. The van der Waals surface area contributed by atoms with Crippen LogP contribution in [0.3, 0.4) is 0 Å². The first kappa shape index (κ1) is 12.9. The Labute approximate surface area is 100 Å². The topological polar surface area (TPSA) is 138 Å². The molecule has 1 saturated heterocycles. The summed E-state index contributed by atoms with van der Waals surface area (Å²) >= 11 is 0. The van der Waals surface area contributed by atoms with E-state index in [1.807, 2.05) is 4.98 Å². The highest BCUT2D eigenvalue weighted by atomic mass is 16.5. The molecule has 5 atom stereocenters. The second kappa shape index (κ2) is 4.61. The lowest BCUT2D eigenvalue weighted by Gasteiger charge is -2.38. The summed E-state index contributed by atoms with van der Waals surface area (Å²) in [5, 5.41) is 32.4. The molecule has 0 bridgehead atoms. The molecule has 2 heterocycles. The summed E-state index contributed by atoms with van der Waals surface area (Å²) in [6.45, 7) is 1.48. The first-order valence-electron chi connectivity index (χ1n) is 5.29. The zero-order chi connectivity index (χ0) is 13.4. The second-order valence-corrected chi connectivity index (χ2v) is 4.09. The molecule has 0 radical (unpaired) electrons. The van der Waals surface area contributed by atoms with Gasteiger partial charge < -0.3 is 20.1 Å². The molecule has 0 aliphatic carbocycles. The summed E-state index contributed by atoms with van der Waals surface area (Å²) in [4.78, 5) is 24.3. The SMILES string of the molecule is C[C@H]1O[C@@H](n2ncc(=O)[nH]c2=O)[C@@H](O)[C@@H](O)[C@@H]1O. The van der Waals surface area contributed by atoms with E-state index in [-0.39, 0.29) is 0 Å². The van der Waals surface area contributed by atoms with Crippen molar-refractivity contribution in [2.45, 2.75) is 37.6 Å². The highest BCUT2D eigenvalue weighted by Crippen LogP contribution is 2.26. The molecule has 1 aromatic rings. The van der Waals surface area contributed by atoms with E-state index in [9.17, 15) is 24.9 Å². The van der Waals surface area contributed by atoms with Gasteiger partial charge in [0.05, 0.1) is 6.10 Å². The molecule has 18 heavy (non-hydrogen) atoms. The highest BCUT2D eigenvalue weighted by Gasteiger charge is 2.43. The lowest BCUT2D eigenvalue weighted by molar-refractivity contribution is -0.244. The molecule has 100 valence electrons. The van der Waals surface area contributed by atoms with E-state index in [0.717, 1.165) is 6.20 Å². The van der Waals surface area contributed by atoms with Crippen LogP contribution in [0.4, 0.5) is 0 Å². The van der Waals surface area contributed by atoms with Crippen LogP contribution in [-0.4, -0.2) is 54.5 Å². The van der Waals surface area contributed by atoms with E-state index in [4.69, 9.17) is 4.74 Å². The first-order valence-corrected chi connectivity index (χ1v) is 5.29. The molecule has 0 saturated carbocycles. The number of aromatic amines is 1. The highest BCUT2D eigenvalue weighted by molar-refractivity contribution is 4.89. The van der Waals surface area contributed by atoms with Crippen LogP contribution in [0.25, 0.3) is 0 Å². The molecule has 1 fully saturated rings. The van der Waals surface area contributed by atoms with Gasteiger partial charge in [0.25, 0.3) is 5.56 Å². The van der Waals surface area contributed by atoms with Gasteiger partial charge in [0, 0.05) is 0 Å². The van der Waals surface area contributed by atoms with Crippen LogP contribution in [0, 0.1) is 0 Å². The Morgan fingerprint density at radius 2 is 1.94 bits per heavy atom. The van der Waals surface area contributed by atoms with Crippen LogP contribution < -0.4 is 11.2 Å². The molecule has 1 aliphatic rings. The standard InChI is InChI=1S/C9H13N3O6/c1-3-5(14)6(15)7(16)8(18-3)12-9(17)11-4(13)2-10-12/h2-3,5-8,14-16H,1H3,(H,11,13,17)/t3-,5-,6+,7+,8-/m1/s1. The zero-order valence-electron chi connectivity index (χ0n) is 9.42. The third kappa shape index (κ3) is 2.08. The fourth-order valence-corrected chi connectivity index (χ4v) is 1.77. The van der Waals surface area contributed by atoms with Gasteiger partial charge in [-0.05, 0) is 6.92 Å². The van der Waals surface area contributed by atoms with Crippen LogP contribution in [0.1, 0.15) is 13.2 Å². The number of aliphatic hydroxyl groups excluding tert-OH is 3. The van der Waals surface area contributed by atoms with Gasteiger partial charge in [-0.25, -0.2) is 4.79 Å². The Bertz CT molecular complexity index is 540. The Hall–Kier alpha value is -1.55. The van der Waals surface area contributed by atoms with Crippen LogP contribution in [0.15, 0.2) is 15.8 Å². The number of aliphatic hydroxyl groups is 3. The number of ether oxygens (including phenoxy) is 1. The minimum atomic E-state index is -1.53. The molecule has 0 spiro atoms. The Morgan fingerprint density at radius 1 is 1.28 bits per heavy atom. The van der Waals surface area contributed by atoms with Crippen molar-refractivity contribution in [2.75, 3.05) is 0 Å². The van der Waals surface area contributed by atoms with Crippen molar-refractivity contribution in [1.82, 2.24) is 14.8 Å². The number of hydrogen-bond donors (Lipinski definition) is 4. The average Bonchev–Trinajstić information content (AvgIpc) is 2.32. The monoisotopic (exact) mass is 259 g/mol. The van der Waals surface area contributed by atoms with Gasteiger partial charge in [0.15, 0.2) is 6.23 Å². The third-order valence-corrected chi connectivity index (χ3v) is 2.81. The summed E-state index contributed by atoms with van der Waals surface area (Å²) in [6.07, 6.45) is -5.50. The van der Waals surface area contributed by atoms with Crippen LogP contribution >= 0.6 is 0 Å². The van der Waals surface area contributed by atoms with Gasteiger partial charge >= 0.3 is 5.69 Å². The van der Waals surface area contributed by atoms with Crippen molar-refractivity contribution in [3.8, 4) is 0 Å². The zero-order valence-corrected chi connectivity index (χ0v) is 9.42. The van der Waals surface area contributed by atoms with E-state index < -0.39 is 41.9 Å². The predicted molar refractivity (Wildman–Crippen MR) is 56.7 cm³/mol. The molecule has 1 aromatic heterocycles. The molecular weight excluding hydrogens is 246 g/mol. The maximum Gasteiger partial charge on any atom is 0.347 e. The molecule has 2 rings (SSSR count). The molecule has 0 amide bonds. The lowest BCUT2D eigenvalue weighted by Crippen LogP contribution is -2.56. The van der Waals surface area contributed by atoms with E-state index in [0.29, 0.717) is 4.68 Å². The van der Waals surface area contributed by atoms with E-state index in [1.54, 1.807) is 0 Å². The molecule has 9 nitrogen and oxygen atoms in total. The minimum absolute atomic E-state index is 0.685. The number of nitrogens with zero attached hydrogens (tertiary/aromatic N) is 2. The number of nitrogens with one attached hydrogen (secondary N) is 1. The van der Waals surface area contributed by atoms with Gasteiger partial charge in [0.1, 0.15) is 24.5 Å². The second-order valence-electron chi connectivity index (χ2n) is 4.09. The van der Waals surface area contributed by atoms with Crippen molar-refractivity contribution in [3.63, 3.8) is 0 Å². The quantitative estimate of drug-likeness (QED) is 0.420. The lowest BCUT2D eigenvalue weighted by atomic mass is 9.99. The summed E-state index contributed by atoms with van der Waals surface area (Å²) < 4.78 is 5.91. The fourth-order valence-electron chi connectivity index (χ4n) is 1.77. The van der Waals surface area contributed by atoms with Crippen molar-refractivity contribution in [2.24, 2.45) is 0 Å². The smallest absolute Gasteiger partial charge is 0.347 e. The molecule has 1 aliphatic heterocycles. The van der Waals surface area contributed by atoms with Crippen molar-refractivity contribution in [3.05, 3.63) is 27.0 Å². The number of aromatic nitrogens is 3. The van der Waals surface area contributed by atoms with Gasteiger partial charge in [-0.2, -0.15) is 9.78 Å². The first-order chi connectivity index (χ1) is 8.41. The summed E-state index contributed by atoms with van der Waals surface area (Å²) in [6, 6.07) is 0. The molecule has 0 aromatic carbocycles. The third-order valence-electron chi connectivity index (χ3n) is 2.81. The molecule has 4 N–H and O–H groups in total. The normalized spacial score (nSPS) is 36.6. The number of rotatable bonds is 1. The van der Waals surface area contributed by atoms with E-state index >= 15 is 0 Å². The number of hydrogen-bond acceptors (Lipinski definition) is 7. The van der Waals surface area contributed by atoms with Gasteiger partial charge in [-0.15, -0.1) is 0 Å². The maximum atomic E-state index is 11.5. The Kier molecular flexibility index (Phi) is 3.30. The average molecular weight is 259 g/mol. The minimum Gasteiger partial charge on any atom is -0.388 e. The van der Waals surface area contributed by atoms with Crippen molar-refractivity contribution >= 4 is 0 Å². The van der Waals surface area contributed by atoms with Crippen LogP contribution in [0.5, 0.6) is 0 Å². The van der Waals surface area contributed by atoms with E-state index in [1.165, 1.54) is 6.92 Å².